The predicted molar refractivity (Wildman–Crippen MR) is 85.2 cm³/mol. The predicted octanol–water partition coefficient (Wildman–Crippen LogP) is 2.92. The van der Waals surface area contributed by atoms with Gasteiger partial charge in [-0.2, -0.15) is 4.98 Å². The van der Waals surface area contributed by atoms with Gasteiger partial charge in [-0.25, -0.2) is 4.79 Å². The first-order chi connectivity index (χ1) is 11.2. The molecule has 2 aliphatic rings. The number of hydrogen-bond acceptors (Lipinski definition) is 4. The van der Waals surface area contributed by atoms with Gasteiger partial charge in [0.25, 0.3) is 0 Å². The molecule has 1 aliphatic heterocycles. The van der Waals surface area contributed by atoms with E-state index in [0.29, 0.717) is 18.3 Å². The number of urea groups is 1. The number of benzene rings is 1. The van der Waals surface area contributed by atoms with E-state index in [4.69, 9.17) is 4.52 Å². The van der Waals surface area contributed by atoms with Crippen LogP contribution in [0.1, 0.15) is 43.0 Å². The zero-order valence-corrected chi connectivity index (χ0v) is 13.2. The standard InChI is InChI=1S/C17H20N4O2/c1-12-18-15(20-23-12)17(9-4-5-10-17)19-16(22)21-11-8-13-6-2-3-7-14(13)21/h2-3,6-7H,4-5,8-11H2,1H3,(H,19,22). The molecule has 4 rings (SSSR count). The number of amides is 2. The van der Waals surface area contributed by atoms with E-state index in [9.17, 15) is 4.79 Å². The van der Waals surface area contributed by atoms with Gasteiger partial charge in [0.05, 0.1) is 0 Å². The fraction of sp³-hybridized carbons (Fsp3) is 0.471. The highest BCUT2D eigenvalue weighted by Crippen LogP contribution is 2.38. The molecular formula is C17H20N4O2. The molecule has 0 spiro atoms. The van der Waals surface area contributed by atoms with Crippen molar-refractivity contribution in [2.24, 2.45) is 0 Å². The summed E-state index contributed by atoms with van der Waals surface area (Å²) in [5.74, 6) is 1.14. The molecule has 0 unspecified atom stereocenters. The van der Waals surface area contributed by atoms with Gasteiger partial charge in [0.2, 0.25) is 5.89 Å². The largest absolute Gasteiger partial charge is 0.340 e. The van der Waals surface area contributed by atoms with Gasteiger partial charge in [-0.3, -0.25) is 4.90 Å². The summed E-state index contributed by atoms with van der Waals surface area (Å²) in [6.07, 6.45) is 4.73. The molecule has 6 nitrogen and oxygen atoms in total. The molecule has 0 atom stereocenters. The molecule has 2 amide bonds. The number of carbonyl (C=O) groups is 1. The summed E-state index contributed by atoms with van der Waals surface area (Å²) in [6, 6.07) is 8.00. The third-order valence-corrected chi connectivity index (χ3v) is 4.89. The fourth-order valence-electron chi connectivity index (χ4n) is 3.70. The Bertz CT molecular complexity index is 734. The summed E-state index contributed by atoms with van der Waals surface area (Å²) in [6.45, 7) is 2.49. The highest BCUT2D eigenvalue weighted by Gasteiger charge is 2.42. The van der Waals surface area contributed by atoms with Gasteiger partial charge in [0.1, 0.15) is 5.54 Å². The second-order valence-electron chi connectivity index (χ2n) is 6.39. The SMILES string of the molecule is Cc1nc(C2(NC(=O)N3CCc4ccccc43)CCCC2)no1. The van der Waals surface area contributed by atoms with Crippen molar-refractivity contribution < 1.29 is 9.32 Å². The number of para-hydroxylation sites is 1. The van der Waals surface area contributed by atoms with Crippen LogP contribution < -0.4 is 10.2 Å². The van der Waals surface area contributed by atoms with E-state index in [1.54, 1.807) is 6.92 Å². The van der Waals surface area contributed by atoms with Crippen LogP contribution in [0.2, 0.25) is 0 Å². The van der Waals surface area contributed by atoms with Gasteiger partial charge in [-0.1, -0.05) is 36.2 Å². The molecule has 0 saturated heterocycles. The molecule has 1 N–H and O–H groups in total. The Kier molecular flexibility index (Phi) is 3.32. The number of fused-ring (bicyclic) bond motifs is 1. The van der Waals surface area contributed by atoms with Crippen molar-refractivity contribution in [2.75, 3.05) is 11.4 Å². The summed E-state index contributed by atoms with van der Waals surface area (Å²) < 4.78 is 5.14. The van der Waals surface area contributed by atoms with Crippen LogP contribution in [0.3, 0.4) is 0 Å². The first-order valence-electron chi connectivity index (χ1n) is 8.16. The summed E-state index contributed by atoms with van der Waals surface area (Å²) in [7, 11) is 0. The molecule has 1 aromatic carbocycles. The van der Waals surface area contributed by atoms with Crippen molar-refractivity contribution in [3.8, 4) is 0 Å². The van der Waals surface area contributed by atoms with Crippen LogP contribution in [0, 0.1) is 6.92 Å². The van der Waals surface area contributed by atoms with Gasteiger partial charge in [0.15, 0.2) is 5.82 Å². The summed E-state index contributed by atoms with van der Waals surface area (Å²) in [4.78, 5) is 19.1. The number of nitrogens with zero attached hydrogens (tertiary/aromatic N) is 3. The third-order valence-electron chi connectivity index (χ3n) is 4.89. The highest BCUT2D eigenvalue weighted by atomic mass is 16.5. The van der Waals surface area contributed by atoms with E-state index in [2.05, 4.69) is 21.5 Å². The monoisotopic (exact) mass is 312 g/mol. The Balaban J connectivity index is 1.60. The summed E-state index contributed by atoms with van der Waals surface area (Å²) in [5, 5.41) is 7.28. The molecule has 1 aliphatic carbocycles. The molecule has 6 heteroatoms. The van der Waals surface area contributed by atoms with Gasteiger partial charge in [-0.05, 0) is 30.9 Å². The lowest BCUT2D eigenvalue weighted by Gasteiger charge is -2.29. The van der Waals surface area contributed by atoms with Crippen molar-refractivity contribution in [1.82, 2.24) is 15.5 Å². The first kappa shape index (κ1) is 14.2. The van der Waals surface area contributed by atoms with Crippen LogP contribution in [0.15, 0.2) is 28.8 Å². The zero-order valence-electron chi connectivity index (χ0n) is 13.2. The van der Waals surface area contributed by atoms with Crippen LogP contribution in [0.4, 0.5) is 10.5 Å². The number of carbonyl (C=O) groups excluding carboxylic acids is 1. The number of aromatic nitrogens is 2. The summed E-state index contributed by atoms with van der Waals surface area (Å²) in [5.41, 5.74) is 1.73. The lowest BCUT2D eigenvalue weighted by Crippen LogP contribution is -2.50. The van der Waals surface area contributed by atoms with Crippen molar-refractivity contribution in [2.45, 2.75) is 44.6 Å². The van der Waals surface area contributed by atoms with Crippen molar-refractivity contribution in [1.29, 1.82) is 0 Å². The molecule has 1 aromatic heterocycles. The van der Waals surface area contributed by atoms with Crippen LogP contribution in [0.25, 0.3) is 0 Å². The number of anilines is 1. The normalized spacial score (nSPS) is 18.9. The van der Waals surface area contributed by atoms with Crippen molar-refractivity contribution in [3.05, 3.63) is 41.5 Å². The Morgan fingerprint density at radius 3 is 2.83 bits per heavy atom. The maximum Gasteiger partial charge on any atom is 0.322 e. The quantitative estimate of drug-likeness (QED) is 0.925. The molecular weight excluding hydrogens is 292 g/mol. The molecule has 0 bridgehead atoms. The van der Waals surface area contributed by atoms with Crippen LogP contribution in [-0.4, -0.2) is 22.7 Å². The van der Waals surface area contributed by atoms with E-state index in [-0.39, 0.29) is 6.03 Å². The van der Waals surface area contributed by atoms with Gasteiger partial charge < -0.3 is 9.84 Å². The van der Waals surface area contributed by atoms with Crippen molar-refractivity contribution in [3.63, 3.8) is 0 Å². The third kappa shape index (κ3) is 2.38. The minimum atomic E-state index is -0.494. The second kappa shape index (κ2) is 5.37. The summed E-state index contributed by atoms with van der Waals surface area (Å²) >= 11 is 0. The molecule has 120 valence electrons. The minimum Gasteiger partial charge on any atom is -0.340 e. The van der Waals surface area contributed by atoms with Gasteiger partial charge >= 0.3 is 6.03 Å². The maximum absolute atomic E-state index is 12.9. The Hall–Kier alpha value is -2.37. The first-order valence-corrected chi connectivity index (χ1v) is 8.16. The number of hydrogen-bond donors (Lipinski definition) is 1. The smallest absolute Gasteiger partial charge is 0.322 e. The van der Waals surface area contributed by atoms with Crippen LogP contribution >= 0.6 is 0 Å². The van der Waals surface area contributed by atoms with Crippen LogP contribution in [-0.2, 0) is 12.0 Å². The molecule has 23 heavy (non-hydrogen) atoms. The molecule has 0 radical (unpaired) electrons. The molecule has 1 fully saturated rings. The molecule has 2 heterocycles. The lowest BCUT2D eigenvalue weighted by molar-refractivity contribution is 0.226. The van der Waals surface area contributed by atoms with Crippen molar-refractivity contribution >= 4 is 11.7 Å². The Morgan fingerprint density at radius 2 is 2.09 bits per heavy atom. The number of nitrogens with one attached hydrogen (secondary N) is 1. The van der Waals surface area contributed by atoms with E-state index in [0.717, 1.165) is 37.8 Å². The fourth-order valence-corrected chi connectivity index (χ4v) is 3.70. The average molecular weight is 312 g/mol. The van der Waals surface area contributed by atoms with Gasteiger partial charge in [-0.15, -0.1) is 0 Å². The zero-order chi connectivity index (χ0) is 15.9. The molecule has 2 aromatic rings. The Morgan fingerprint density at radius 1 is 1.30 bits per heavy atom. The van der Waals surface area contributed by atoms with Crippen LogP contribution in [0.5, 0.6) is 0 Å². The van der Waals surface area contributed by atoms with E-state index >= 15 is 0 Å². The molecule has 1 saturated carbocycles. The Labute approximate surface area is 134 Å². The van der Waals surface area contributed by atoms with Gasteiger partial charge in [0, 0.05) is 19.2 Å². The number of rotatable bonds is 2. The van der Waals surface area contributed by atoms with E-state index in [1.807, 2.05) is 23.1 Å². The average Bonchev–Trinajstić information content (AvgIpc) is 3.26. The topological polar surface area (TPSA) is 71.3 Å². The maximum atomic E-state index is 12.9. The lowest BCUT2D eigenvalue weighted by atomic mass is 9.97. The second-order valence-corrected chi connectivity index (χ2v) is 6.39. The number of aryl methyl sites for hydroxylation is 1. The van der Waals surface area contributed by atoms with E-state index < -0.39 is 5.54 Å². The minimum absolute atomic E-state index is 0.0701. The highest BCUT2D eigenvalue weighted by molar-refractivity contribution is 5.94. The van der Waals surface area contributed by atoms with E-state index in [1.165, 1.54) is 5.56 Å².